The average molecular weight is 246 g/mol. The number of aromatic nitrogens is 1. The van der Waals surface area contributed by atoms with Crippen LogP contribution < -0.4 is 11.1 Å². The van der Waals surface area contributed by atoms with Crippen molar-refractivity contribution in [3.05, 3.63) is 18.2 Å². The average Bonchev–Trinajstić information content (AvgIpc) is 2.30. The maximum Gasteiger partial charge on any atom is 0.128 e. The zero-order valence-electron chi connectivity index (χ0n) is 11.0. The molecule has 0 spiro atoms. The van der Waals surface area contributed by atoms with E-state index < -0.39 is 0 Å². The Labute approximate surface area is 109 Å². The lowest BCUT2D eigenvalue weighted by Gasteiger charge is -2.47. The van der Waals surface area contributed by atoms with Gasteiger partial charge >= 0.3 is 0 Å². The molecule has 98 valence electrons. The third-order valence-corrected chi connectivity index (χ3v) is 4.46. The second-order valence-electron chi connectivity index (χ2n) is 5.66. The van der Waals surface area contributed by atoms with Crippen molar-refractivity contribution in [2.75, 3.05) is 18.1 Å². The van der Waals surface area contributed by atoms with E-state index in [4.69, 9.17) is 5.73 Å². The molecule has 4 nitrogen and oxygen atoms in total. The summed E-state index contributed by atoms with van der Waals surface area (Å²) in [5, 5.41) is 3.55. The van der Waals surface area contributed by atoms with Gasteiger partial charge in [-0.3, -0.25) is 0 Å². The molecule has 3 heterocycles. The number of hydrogen-bond acceptors (Lipinski definition) is 4. The highest BCUT2D eigenvalue weighted by Crippen LogP contribution is 2.33. The number of nitrogens with two attached hydrogens (primary N) is 1. The minimum absolute atomic E-state index is 0.547. The molecule has 2 fully saturated rings. The van der Waals surface area contributed by atoms with Crippen molar-refractivity contribution < 1.29 is 0 Å². The first-order valence-corrected chi connectivity index (χ1v) is 6.93. The standard InChI is InChI=1S/C14H22N4/c1-18-11-4-2-5-12(18)9-10(8-11)16-14-7-3-6-13(15)17-14/h3,6-7,10-12H,2,4-5,8-9H2,1H3,(H3,15,16,17). The third kappa shape index (κ3) is 2.29. The number of nitrogen functional groups attached to an aromatic ring is 1. The molecule has 2 saturated heterocycles. The summed E-state index contributed by atoms with van der Waals surface area (Å²) in [6, 6.07) is 7.83. The zero-order valence-corrected chi connectivity index (χ0v) is 11.0. The summed E-state index contributed by atoms with van der Waals surface area (Å²) in [4.78, 5) is 6.91. The number of pyridine rings is 1. The minimum Gasteiger partial charge on any atom is -0.384 e. The lowest BCUT2D eigenvalue weighted by atomic mass is 9.82. The Morgan fingerprint density at radius 1 is 1.28 bits per heavy atom. The molecule has 2 aliphatic heterocycles. The molecule has 1 aromatic rings. The highest BCUT2D eigenvalue weighted by Gasteiger charge is 2.35. The molecule has 3 N–H and O–H groups in total. The Kier molecular flexibility index (Phi) is 3.12. The molecule has 0 radical (unpaired) electrons. The molecule has 2 atom stereocenters. The van der Waals surface area contributed by atoms with E-state index in [0.717, 1.165) is 17.9 Å². The van der Waals surface area contributed by atoms with E-state index in [9.17, 15) is 0 Å². The van der Waals surface area contributed by atoms with Crippen LogP contribution in [0, 0.1) is 0 Å². The summed E-state index contributed by atoms with van der Waals surface area (Å²) < 4.78 is 0. The lowest BCUT2D eigenvalue weighted by molar-refractivity contribution is 0.0608. The van der Waals surface area contributed by atoms with Crippen molar-refractivity contribution in [2.45, 2.75) is 50.2 Å². The van der Waals surface area contributed by atoms with Crippen molar-refractivity contribution in [3.63, 3.8) is 0 Å². The molecule has 0 saturated carbocycles. The first kappa shape index (κ1) is 11.8. The van der Waals surface area contributed by atoms with Crippen molar-refractivity contribution in [1.82, 2.24) is 9.88 Å². The van der Waals surface area contributed by atoms with Gasteiger partial charge in [0.05, 0.1) is 0 Å². The Morgan fingerprint density at radius 2 is 2.00 bits per heavy atom. The number of nitrogens with one attached hydrogen (secondary N) is 1. The lowest BCUT2D eigenvalue weighted by Crippen LogP contribution is -2.52. The largest absolute Gasteiger partial charge is 0.384 e. The molecule has 1 aromatic heterocycles. The van der Waals surface area contributed by atoms with Crippen molar-refractivity contribution in [2.24, 2.45) is 0 Å². The van der Waals surface area contributed by atoms with Gasteiger partial charge in [-0.2, -0.15) is 0 Å². The summed E-state index contributed by atoms with van der Waals surface area (Å²) >= 11 is 0. The smallest absolute Gasteiger partial charge is 0.128 e. The van der Waals surface area contributed by atoms with Crippen LogP contribution in [0.5, 0.6) is 0 Å². The Balaban J connectivity index is 1.68. The van der Waals surface area contributed by atoms with Crippen LogP contribution in [0.3, 0.4) is 0 Å². The first-order chi connectivity index (χ1) is 8.72. The number of hydrogen-bond donors (Lipinski definition) is 2. The second-order valence-corrected chi connectivity index (χ2v) is 5.66. The van der Waals surface area contributed by atoms with Gasteiger partial charge in [-0.05, 0) is 44.9 Å². The van der Waals surface area contributed by atoms with E-state index in [1.54, 1.807) is 0 Å². The highest BCUT2D eigenvalue weighted by molar-refractivity contribution is 5.43. The fourth-order valence-electron chi connectivity index (χ4n) is 3.47. The summed E-state index contributed by atoms with van der Waals surface area (Å²) in [6.07, 6.45) is 6.53. The van der Waals surface area contributed by atoms with E-state index in [0.29, 0.717) is 11.9 Å². The Bertz CT molecular complexity index is 406. The Hall–Kier alpha value is -1.29. The van der Waals surface area contributed by atoms with Crippen molar-refractivity contribution in [1.29, 1.82) is 0 Å². The minimum atomic E-state index is 0.547. The normalized spacial score (nSPS) is 32.2. The van der Waals surface area contributed by atoms with Gasteiger partial charge in [0.2, 0.25) is 0 Å². The molecule has 3 rings (SSSR count). The van der Waals surface area contributed by atoms with Gasteiger partial charge in [0.15, 0.2) is 0 Å². The number of nitrogens with zero attached hydrogens (tertiary/aromatic N) is 2. The highest BCUT2D eigenvalue weighted by atomic mass is 15.2. The fraction of sp³-hybridized carbons (Fsp3) is 0.643. The van der Waals surface area contributed by atoms with Crippen LogP contribution in [0.2, 0.25) is 0 Å². The zero-order chi connectivity index (χ0) is 12.5. The van der Waals surface area contributed by atoms with Crippen LogP contribution in [0.15, 0.2) is 18.2 Å². The van der Waals surface area contributed by atoms with Gasteiger partial charge < -0.3 is 16.0 Å². The first-order valence-electron chi connectivity index (χ1n) is 6.93. The van der Waals surface area contributed by atoms with Gasteiger partial charge in [0.25, 0.3) is 0 Å². The van der Waals surface area contributed by atoms with E-state index in [1.807, 2.05) is 18.2 Å². The van der Waals surface area contributed by atoms with Gasteiger partial charge in [-0.25, -0.2) is 4.98 Å². The molecule has 4 heteroatoms. The van der Waals surface area contributed by atoms with E-state index in [2.05, 4.69) is 22.2 Å². The van der Waals surface area contributed by atoms with Crippen LogP contribution >= 0.6 is 0 Å². The van der Waals surface area contributed by atoms with E-state index >= 15 is 0 Å². The number of rotatable bonds is 2. The third-order valence-electron chi connectivity index (χ3n) is 4.46. The van der Waals surface area contributed by atoms with Gasteiger partial charge in [0.1, 0.15) is 11.6 Å². The maximum atomic E-state index is 5.72. The Morgan fingerprint density at radius 3 is 2.67 bits per heavy atom. The number of anilines is 2. The predicted octanol–water partition coefficient (Wildman–Crippen LogP) is 2.09. The van der Waals surface area contributed by atoms with Crippen LogP contribution in [0.25, 0.3) is 0 Å². The van der Waals surface area contributed by atoms with Crippen LogP contribution in [-0.4, -0.2) is 35.1 Å². The molecule has 0 aliphatic carbocycles. The summed E-state index contributed by atoms with van der Waals surface area (Å²) in [5.41, 5.74) is 5.72. The van der Waals surface area contributed by atoms with E-state index in [1.165, 1.54) is 32.1 Å². The van der Waals surface area contributed by atoms with Crippen LogP contribution in [0.4, 0.5) is 11.6 Å². The number of fused-ring (bicyclic) bond motifs is 2. The molecular formula is C14H22N4. The van der Waals surface area contributed by atoms with Gasteiger partial charge in [-0.15, -0.1) is 0 Å². The van der Waals surface area contributed by atoms with Crippen molar-refractivity contribution >= 4 is 11.6 Å². The molecule has 2 bridgehead atoms. The van der Waals surface area contributed by atoms with Gasteiger partial charge in [0, 0.05) is 18.1 Å². The number of piperidine rings is 2. The molecule has 0 amide bonds. The van der Waals surface area contributed by atoms with E-state index in [-0.39, 0.29) is 0 Å². The second kappa shape index (κ2) is 4.76. The summed E-state index contributed by atoms with van der Waals surface area (Å²) in [5.74, 6) is 1.51. The van der Waals surface area contributed by atoms with Crippen molar-refractivity contribution in [3.8, 4) is 0 Å². The predicted molar refractivity (Wildman–Crippen MR) is 74.5 cm³/mol. The molecular weight excluding hydrogens is 224 g/mol. The molecule has 2 unspecified atom stereocenters. The quantitative estimate of drug-likeness (QED) is 0.839. The summed E-state index contributed by atoms with van der Waals surface area (Å²) in [7, 11) is 2.28. The molecule has 18 heavy (non-hydrogen) atoms. The monoisotopic (exact) mass is 246 g/mol. The summed E-state index contributed by atoms with van der Waals surface area (Å²) in [6.45, 7) is 0. The van der Waals surface area contributed by atoms with Crippen LogP contribution in [-0.2, 0) is 0 Å². The SMILES string of the molecule is CN1C2CCCC1CC(Nc1cccc(N)n1)C2. The molecule has 2 aliphatic rings. The fourth-order valence-corrected chi connectivity index (χ4v) is 3.47. The molecule has 0 aromatic carbocycles. The topological polar surface area (TPSA) is 54.2 Å². The maximum absolute atomic E-state index is 5.72. The van der Waals surface area contributed by atoms with Crippen LogP contribution in [0.1, 0.15) is 32.1 Å². The van der Waals surface area contributed by atoms with Gasteiger partial charge in [-0.1, -0.05) is 12.5 Å².